The average Bonchev–Trinajstić information content (AvgIpc) is 2.97. The van der Waals surface area contributed by atoms with E-state index in [0.717, 1.165) is 7.11 Å². The molecule has 0 atom stereocenters. The molecule has 0 amide bonds. The molecule has 4 aromatic rings. The van der Waals surface area contributed by atoms with Gasteiger partial charge in [-0.25, -0.2) is 0 Å². The number of aromatic hydroxyl groups is 2. The SMILES string of the molecule is CO.O=C(c1ccccc1)c1ccc(O)cc1.O=C(c1ccccc1)c1ccc(O)cc1.c1cc2ccc1-2. The van der Waals surface area contributed by atoms with Crippen LogP contribution in [-0.4, -0.2) is 34.0 Å². The van der Waals surface area contributed by atoms with E-state index in [2.05, 4.69) is 24.3 Å². The van der Waals surface area contributed by atoms with Crippen LogP contribution in [0.15, 0.2) is 133 Å². The first-order chi connectivity index (χ1) is 18.5. The van der Waals surface area contributed by atoms with Crippen molar-refractivity contribution in [1.29, 1.82) is 0 Å². The highest BCUT2D eigenvalue weighted by Crippen LogP contribution is 2.29. The number of carbonyl (C=O) groups excluding carboxylic acids is 2. The Morgan fingerprint density at radius 1 is 0.395 bits per heavy atom. The van der Waals surface area contributed by atoms with Crippen LogP contribution in [0.3, 0.4) is 0 Å². The van der Waals surface area contributed by atoms with Crippen LogP contribution in [0.1, 0.15) is 31.8 Å². The molecule has 5 nitrogen and oxygen atoms in total. The minimum atomic E-state index is -0.0319. The maximum absolute atomic E-state index is 11.9. The molecule has 6 rings (SSSR count). The Kier molecular flexibility index (Phi) is 10.1. The smallest absolute Gasteiger partial charge is 0.193 e. The summed E-state index contributed by atoms with van der Waals surface area (Å²) in [6, 6.07) is 39.1. The monoisotopic (exact) mass is 504 g/mol. The Bertz CT molecular complexity index is 1310. The molecule has 0 unspecified atom stereocenters. The molecule has 0 aliphatic heterocycles. The number of rotatable bonds is 4. The highest BCUT2D eigenvalue weighted by atomic mass is 16.3. The maximum Gasteiger partial charge on any atom is 0.193 e. The molecule has 4 aromatic carbocycles. The zero-order valence-corrected chi connectivity index (χ0v) is 20.9. The maximum atomic E-state index is 11.9. The number of benzene rings is 5. The fourth-order valence-corrected chi connectivity index (χ4v) is 3.40. The molecule has 0 heterocycles. The van der Waals surface area contributed by atoms with Gasteiger partial charge < -0.3 is 15.3 Å². The summed E-state index contributed by atoms with van der Waals surface area (Å²) in [6.45, 7) is 0. The van der Waals surface area contributed by atoms with Crippen molar-refractivity contribution < 1.29 is 24.9 Å². The molecule has 0 radical (unpaired) electrons. The summed E-state index contributed by atoms with van der Waals surface area (Å²) in [7, 11) is 1.00. The second-order valence-electron chi connectivity index (χ2n) is 8.06. The van der Waals surface area contributed by atoms with E-state index in [9.17, 15) is 9.59 Å². The van der Waals surface area contributed by atoms with E-state index in [1.165, 1.54) is 35.4 Å². The normalized spacial score (nSPS) is 9.74. The molecule has 0 saturated heterocycles. The Morgan fingerprint density at radius 2 is 0.658 bits per heavy atom. The van der Waals surface area contributed by atoms with Gasteiger partial charge in [-0.15, -0.1) is 0 Å². The van der Waals surface area contributed by atoms with Crippen LogP contribution in [0.4, 0.5) is 0 Å². The van der Waals surface area contributed by atoms with Gasteiger partial charge in [0.25, 0.3) is 0 Å². The summed E-state index contributed by atoms with van der Waals surface area (Å²) in [5.74, 6) is 0.269. The zero-order chi connectivity index (χ0) is 27.3. The van der Waals surface area contributed by atoms with Gasteiger partial charge in [-0.2, -0.15) is 0 Å². The lowest BCUT2D eigenvalue weighted by molar-refractivity contribution is 0.103. The molecular formula is C33H28O5. The number of aliphatic hydroxyl groups excluding tert-OH is 1. The lowest BCUT2D eigenvalue weighted by Crippen LogP contribution is -1.99. The van der Waals surface area contributed by atoms with E-state index >= 15 is 0 Å². The van der Waals surface area contributed by atoms with Crippen LogP contribution in [0.5, 0.6) is 11.5 Å². The molecule has 0 spiro atoms. The van der Waals surface area contributed by atoms with Gasteiger partial charge in [0.05, 0.1) is 0 Å². The summed E-state index contributed by atoms with van der Waals surface area (Å²) < 4.78 is 0. The fourth-order valence-electron chi connectivity index (χ4n) is 3.40. The number of hydrogen-bond donors (Lipinski definition) is 3. The van der Waals surface area contributed by atoms with Crippen LogP contribution in [0, 0.1) is 0 Å². The van der Waals surface area contributed by atoms with E-state index in [1.54, 1.807) is 48.5 Å². The Labute approximate surface area is 221 Å². The van der Waals surface area contributed by atoms with Crippen molar-refractivity contribution in [2.75, 3.05) is 7.11 Å². The third-order valence-corrected chi connectivity index (χ3v) is 5.55. The van der Waals surface area contributed by atoms with Crippen molar-refractivity contribution in [3.8, 4) is 22.6 Å². The summed E-state index contributed by atoms with van der Waals surface area (Å²) in [6.07, 6.45) is 0. The van der Waals surface area contributed by atoms with Gasteiger partial charge in [-0.05, 0) is 59.7 Å². The van der Waals surface area contributed by atoms with Gasteiger partial charge in [-0.1, -0.05) is 84.9 Å². The minimum absolute atomic E-state index is 0.0319. The number of fused-ring (bicyclic) bond motifs is 1. The summed E-state index contributed by atoms with van der Waals surface area (Å²) in [5, 5.41) is 25.2. The first-order valence-electron chi connectivity index (χ1n) is 11.8. The molecule has 38 heavy (non-hydrogen) atoms. The van der Waals surface area contributed by atoms with Crippen molar-refractivity contribution in [2.24, 2.45) is 0 Å². The number of hydrogen-bond acceptors (Lipinski definition) is 5. The standard InChI is InChI=1S/2C13H10O2.C6H4.CH4O/c2*14-12-8-6-11(7-9-12)13(15)10-4-2-1-3-5-10;1-2-6-4-3-5(1)6;1-2/h2*1-9,14H;1-4H;2H,1H3. The summed E-state index contributed by atoms with van der Waals surface area (Å²) >= 11 is 0. The molecule has 190 valence electrons. The Balaban J connectivity index is 0.000000164. The van der Waals surface area contributed by atoms with Gasteiger partial charge in [0.1, 0.15) is 11.5 Å². The third-order valence-electron chi connectivity index (χ3n) is 5.55. The van der Waals surface area contributed by atoms with Gasteiger partial charge in [0, 0.05) is 29.4 Å². The van der Waals surface area contributed by atoms with E-state index < -0.39 is 0 Å². The number of aliphatic hydroxyl groups is 1. The zero-order valence-electron chi connectivity index (χ0n) is 20.9. The van der Waals surface area contributed by atoms with Crippen molar-refractivity contribution in [1.82, 2.24) is 0 Å². The predicted octanol–water partition coefficient (Wildman–Crippen LogP) is 6.52. The van der Waals surface area contributed by atoms with Gasteiger partial charge in [-0.3, -0.25) is 9.59 Å². The van der Waals surface area contributed by atoms with Gasteiger partial charge >= 0.3 is 0 Å². The Hall–Kier alpha value is -5.00. The molecule has 2 aliphatic rings. The molecule has 3 N–H and O–H groups in total. The second-order valence-corrected chi connectivity index (χ2v) is 8.06. The lowest BCUT2D eigenvalue weighted by atomic mass is 9.95. The van der Waals surface area contributed by atoms with Crippen LogP contribution in [-0.2, 0) is 0 Å². The van der Waals surface area contributed by atoms with E-state index in [4.69, 9.17) is 15.3 Å². The van der Waals surface area contributed by atoms with Crippen LogP contribution >= 0.6 is 0 Å². The summed E-state index contributed by atoms with van der Waals surface area (Å²) in [4.78, 5) is 23.8. The number of carbonyl (C=O) groups is 2. The highest BCUT2D eigenvalue weighted by molar-refractivity contribution is 6.09. The number of phenolic OH excluding ortho intramolecular Hbond substituents is 2. The van der Waals surface area contributed by atoms with Crippen molar-refractivity contribution >= 4 is 11.6 Å². The largest absolute Gasteiger partial charge is 0.508 e. The molecule has 0 bridgehead atoms. The van der Waals surface area contributed by atoms with Crippen LogP contribution < -0.4 is 0 Å². The quantitative estimate of drug-likeness (QED) is 0.238. The third kappa shape index (κ3) is 7.50. The molecule has 5 heteroatoms. The van der Waals surface area contributed by atoms with Crippen molar-refractivity contribution in [2.45, 2.75) is 0 Å². The summed E-state index contributed by atoms with van der Waals surface area (Å²) in [5.41, 5.74) is 5.33. The molecule has 0 fully saturated rings. The van der Waals surface area contributed by atoms with Crippen LogP contribution in [0.25, 0.3) is 11.1 Å². The molecule has 0 aromatic heterocycles. The molecular weight excluding hydrogens is 476 g/mol. The number of ketones is 2. The number of phenols is 2. The fraction of sp³-hybridized carbons (Fsp3) is 0.0303. The van der Waals surface area contributed by atoms with E-state index in [0.29, 0.717) is 22.3 Å². The second kappa shape index (κ2) is 13.9. The predicted molar refractivity (Wildman–Crippen MR) is 150 cm³/mol. The first-order valence-corrected chi connectivity index (χ1v) is 11.8. The highest BCUT2D eigenvalue weighted by Gasteiger charge is 2.08. The van der Waals surface area contributed by atoms with Crippen molar-refractivity contribution in [3.63, 3.8) is 0 Å². The average molecular weight is 505 g/mol. The van der Waals surface area contributed by atoms with Gasteiger partial charge in [0.15, 0.2) is 11.6 Å². The minimum Gasteiger partial charge on any atom is -0.508 e. The Morgan fingerprint density at radius 3 is 0.895 bits per heavy atom. The molecule has 0 saturated carbocycles. The van der Waals surface area contributed by atoms with Crippen molar-refractivity contribution in [3.05, 3.63) is 156 Å². The molecule has 2 aliphatic carbocycles. The van der Waals surface area contributed by atoms with E-state index in [1.807, 2.05) is 36.4 Å². The topological polar surface area (TPSA) is 94.8 Å². The van der Waals surface area contributed by atoms with Crippen LogP contribution in [0.2, 0.25) is 0 Å². The van der Waals surface area contributed by atoms with Gasteiger partial charge in [0.2, 0.25) is 0 Å². The first kappa shape index (κ1) is 27.6. The van der Waals surface area contributed by atoms with E-state index in [-0.39, 0.29) is 23.1 Å². The lowest BCUT2D eigenvalue weighted by Gasteiger charge is -2.10.